The van der Waals surface area contributed by atoms with Crippen LogP contribution in [0.1, 0.15) is 40.0 Å². The zero-order chi connectivity index (χ0) is 15.1. The molecule has 0 rings (SSSR count). The van der Waals surface area contributed by atoms with Gasteiger partial charge in [-0.05, 0) is 18.3 Å². The maximum Gasteiger partial charge on any atom is 0.303 e. The molecule has 0 aliphatic heterocycles. The van der Waals surface area contributed by atoms with Gasteiger partial charge < -0.3 is 15.3 Å². The molecule has 2 amide bonds. The summed E-state index contributed by atoms with van der Waals surface area (Å²) in [6, 6.07) is 0. The standard InChI is InChI=1S/C13H24N2O4/c1-10(16)15(4)9-11(17)14-8-7-13(2,3)6-5-12(18)19/h5-9H2,1-4H3,(H,14,17)(H,18,19). The summed E-state index contributed by atoms with van der Waals surface area (Å²) in [6.45, 7) is 5.89. The van der Waals surface area contributed by atoms with Gasteiger partial charge >= 0.3 is 5.97 Å². The minimum absolute atomic E-state index is 0.0465. The van der Waals surface area contributed by atoms with E-state index in [0.29, 0.717) is 19.4 Å². The summed E-state index contributed by atoms with van der Waals surface area (Å²) in [5.74, 6) is -1.16. The third-order valence-electron chi connectivity index (χ3n) is 3.06. The van der Waals surface area contributed by atoms with E-state index in [-0.39, 0.29) is 30.2 Å². The molecule has 0 aliphatic rings. The van der Waals surface area contributed by atoms with Crippen molar-refractivity contribution in [1.82, 2.24) is 10.2 Å². The SMILES string of the molecule is CC(=O)N(C)CC(=O)NCCC(C)(C)CCC(=O)O. The van der Waals surface area contributed by atoms with Crippen LogP contribution in [-0.2, 0) is 14.4 Å². The van der Waals surface area contributed by atoms with Crippen molar-refractivity contribution in [1.29, 1.82) is 0 Å². The van der Waals surface area contributed by atoms with Crippen LogP contribution in [0.15, 0.2) is 0 Å². The maximum absolute atomic E-state index is 11.5. The first-order valence-electron chi connectivity index (χ1n) is 6.34. The van der Waals surface area contributed by atoms with Gasteiger partial charge in [0, 0.05) is 26.9 Å². The lowest BCUT2D eigenvalue weighted by molar-refractivity contribution is -0.137. The number of nitrogens with zero attached hydrogens (tertiary/aromatic N) is 1. The molecule has 110 valence electrons. The van der Waals surface area contributed by atoms with Gasteiger partial charge in [-0.1, -0.05) is 13.8 Å². The number of likely N-dealkylation sites (N-methyl/N-ethyl adjacent to an activating group) is 1. The van der Waals surface area contributed by atoms with Crippen LogP contribution in [0.25, 0.3) is 0 Å². The second-order valence-electron chi connectivity index (χ2n) is 5.53. The van der Waals surface area contributed by atoms with Crippen LogP contribution < -0.4 is 5.32 Å². The first-order chi connectivity index (χ1) is 8.64. The summed E-state index contributed by atoms with van der Waals surface area (Å²) in [6.07, 6.45) is 1.41. The van der Waals surface area contributed by atoms with Crippen molar-refractivity contribution in [2.75, 3.05) is 20.1 Å². The summed E-state index contributed by atoms with van der Waals surface area (Å²) in [7, 11) is 1.57. The number of hydrogen-bond acceptors (Lipinski definition) is 3. The Morgan fingerprint density at radius 2 is 1.79 bits per heavy atom. The highest BCUT2D eigenvalue weighted by atomic mass is 16.4. The lowest BCUT2D eigenvalue weighted by Crippen LogP contribution is -2.38. The molecule has 6 heteroatoms. The first kappa shape index (κ1) is 17.4. The van der Waals surface area contributed by atoms with Crippen LogP contribution in [0.5, 0.6) is 0 Å². The molecule has 0 heterocycles. The summed E-state index contributed by atoms with van der Waals surface area (Å²) in [5.41, 5.74) is -0.127. The Hall–Kier alpha value is -1.59. The van der Waals surface area contributed by atoms with Crippen LogP contribution in [0, 0.1) is 5.41 Å². The van der Waals surface area contributed by atoms with Gasteiger partial charge in [0.25, 0.3) is 0 Å². The molecule has 0 aromatic rings. The highest BCUT2D eigenvalue weighted by Gasteiger charge is 2.19. The van der Waals surface area contributed by atoms with Crippen LogP contribution in [0.4, 0.5) is 0 Å². The van der Waals surface area contributed by atoms with Gasteiger partial charge in [-0.25, -0.2) is 0 Å². The normalized spacial score (nSPS) is 10.9. The molecule has 0 saturated heterocycles. The maximum atomic E-state index is 11.5. The van der Waals surface area contributed by atoms with Crippen molar-refractivity contribution in [2.24, 2.45) is 5.41 Å². The molecule has 0 fully saturated rings. The highest BCUT2D eigenvalue weighted by molar-refractivity contribution is 5.83. The average Bonchev–Trinajstić information content (AvgIpc) is 2.26. The van der Waals surface area contributed by atoms with E-state index < -0.39 is 5.97 Å². The van der Waals surface area contributed by atoms with Crippen molar-refractivity contribution >= 4 is 17.8 Å². The number of aliphatic carboxylic acids is 1. The second kappa shape index (κ2) is 7.76. The van der Waals surface area contributed by atoms with Crippen molar-refractivity contribution in [2.45, 2.75) is 40.0 Å². The largest absolute Gasteiger partial charge is 0.481 e. The van der Waals surface area contributed by atoms with Gasteiger partial charge in [0.2, 0.25) is 11.8 Å². The average molecular weight is 272 g/mol. The molecule has 19 heavy (non-hydrogen) atoms. The number of carbonyl (C=O) groups excluding carboxylic acids is 2. The smallest absolute Gasteiger partial charge is 0.303 e. The zero-order valence-corrected chi connectivity index (χ0v) is 12.2. The molecule has 0 spiro atoms. The van der Waals surface area contributed by atoms with Crippen LogP contribution in [0.3, 0.4) is 0 Å². The van der Waals surface area contributed by atoms with E-state index in [0.717, 1.165) is 0 Å². The fraction of sp³-hybridized carbons (Fsp3) is 0.769. The minimum atomic E-state index is -0.805. The van der Waals surface area contributed by atoms with Crippen molar-refractivity contribution in [3.05, 3.63) is 0 Å². The van der Waals surface area contributed by atoms with E-state index >= 15 is 0 Å². The summed E-state index contributed by atoms with van der Waals surface area (Å²) in [5, 5.41) is 11.4. The summed E-state index contributed by atoms with van der Waals surface area (Å²) >= 11 is 0. The van der Waals surface area contributed by atoms with Gasteiger partial charge in [0.1, 0.15) is 0 Å². The number of rotatable bonds is 8. The lowest BCUT2D eigenvalue weighted by Gasteiger charge is -2.24. The Kier molecular flexibility index (Phi) is 7.11. The Labute approximate surface area is 114 Å². The Morgan fingerprint density at radius 1 is 1.21 bits per heavy atom. The van der Waals surface area contributed by atoms with Crippen molar-refractivity contribution < 1.29 is 19.5 Å². The molecule has 0 bridgehead atoms. The predicted octanol–water partition coefficient (Wildman–Crippen LogP) is 0.862. The van der Waals surface area contributed by atoms with E-state index in [9.17, 15) is 14.4 Å². The fourth-order valence-electron chi connectivity index (χ4n) is 1.49. The van der Waals surface area contributed by atoms with Crippen molar-refractivity contribution in [3.8, 4) is 0 Å². The molecular weight excluding hydrogens is 248 g/mol. The molecule has 6 nitrogen and oxygen atoms in total. The number of carbonyl (C=O) groups is 3. The quantitative estimate of drug-likeness (QED) is 0.686. The van der Waals surface area contributed by atoms with E-state index in [2.05, 4.69) is 5.32 Å². The minimum Gasteiger partial charge on any atom is -0.481 e. The number of hydrogen-bond donors (Lipinski definition) is 2. The van der Waals surface area contributed by atoms with Crippen molar-refractivity contribution in [3.63, 3.8) is 0 Å². The van der Waals surface area contributed by atoms with E-state index in [1.165, 1.54) is 11.8 Å². The van der Waals surface area contributed by atoms with Gasteiger partial charge in [0.05, 0.1) is 6.54 Å². The number of carboxylic acid groups (broad SMARTS) is 1. The number of amides is 2. The number of nitrogens with one attached hydrogen (secondary N) is 1. The van der Waals surface area contributed by atoms with E-state index in [4.69, 9.17) is 5.11 Å². The molecule has 0 aliphatic carbocycles. The molecular formula is C13H24N2O4. The first-order valence-corrected chi connectivity index (χ1v) is 6.34. The summed E-state index contributed by atoms with van der Waals surface area (Å²) in [4.78, 5) is 34.3. The molecule has 2 N–H and O–H groups in total. The molecule has 0 saturated carbocycles. The number of carboxylic acids is 1. The topological polar surface area (TPSA) is 86.7 Å². The highest BCUT2D eigenvalue weighted by Crippen LogP contribution is 2.25. The molecule has 0 aromatic carbocycles. The van der Waals surface area contributed by atoms with Crippen LogP contribution in [-0.4, -0.2) is 47.9 Å². The fourth-order valence-corrected chi connectivity index (χ4v) is 1.49. The predicted molar refractivity (Wildman–Crippen MR) is 71.6 cm³/mol. The molecule has 0 atom stereocenters. The van der Waals surface area contributed by atoms with Crippen LogP contribution in [0.2, 0.25) is 0 Å². The second-order valence-corrected chi connectivity index (χ2v) is 5.53. The Bertz CT molecular complexity index is 340. The summed E-state index contributed by atoms with van der Waals surface area (Å²) < 4.78 is 0. The Morgan fingerprint density at radius 3 is 2.26 bits per heavy atom. The van der Waals surface area contributed by atoms with Gasteiger partial charge in [-0.15, -0.1) is 0 Å². The van der Waals surface area contributed by atoms with Gasteiger partial charge in [0.15, 0.2) is 0 Å². The molecule has 0 aromatic heterocycles. The third kappa shape index (κ3) is 9.04. The monoisotopic (exact) mass is 272 g/mol. The van der Waals surface area contributed by atoms with Crippen LogP contribution >= 0.6 is 0 Å². The third-order valence-corrected chi connectivity index (χ3v) is 3.06. The lowest BCUT2D eigenvalue weighted by atomic mass is 9.84. The Balaban J connectivity index is 3.91. The molecule has 0 unspecified atom stereocenters. The zero-order valence-electron chi connectivity index (χ0n) is 12.2. The van der Waals surface area contributed by atoms with E-state index in [1.54, 1.807) is 7.05 Å². The van der Waals surface area contributed by atoms with Gasteiger partial charge in [-0.2, -0.15) is 0 Å². The van der Waals surface area contributed by atoms with E-state index in [1.807, 2.05) is 13.8 Å². The molecule has 0 radical (unpaired) electrons. The van der Waals surface area contributed by atoms with Gasteiger partial charge in [-0.3, -0.25) is 14.4 Å².